The van der Waals surface area contributed by atoms with Gasteiger partial charge in [-0.2, -0.15) is 0 Å². The number of amides is 1. The molecule has 1 fully saturated rings. The maximum atomic E-state index is 11.5. The van der Waals surface area contributed by atoms with E-state index in [1.165, 1.54) is 17.0 Å². The first kappa shape index (κ1) is 11.8. The SMILES string of the molecule is O=C1OC(CBr)CN1c1cccc([N+](=O)[O-])c1. The van der Waals surface area contributed by atoms with Crippen LogP contribution in [0.4, 0.5) is 16.2 Å². The van der Waals surface area contributed by atoms with Gasteiger partial charge in [-0.3, -0.25) is 15.0 Å². The number of alkyl halides is 1. The molecule has 1 saturated heterocycles. The van der Waals surface area contributed by atoms with Gasteiger partial charge in [-0.1, -0.05) is 22.0 Å². The van der Waals surface area contributed by atoms with E-state index in [1.54, 1.807) is 12.1 Å². The van der Waals surface area contributed by atoms with E-state index in [-0.39, 0.29) is 11.8 Å². The summed E-state index contributed by atoms with van der Waals surface area (Å²) >= 11 is 3.23. The fourth-order valence-electron chi connectivity index (χ4n) is 1.59. The highest BCUT2D eigenvalue weighted by molar-refractivity contribution is 9.09. The van der Waals surface area contributed by atoms with Crippen LogP contribution in [0.25, 0.3) is 0 Å². The summed E-state index contributed by atoms with van der Waals surface area (Å²) in [6.45, 7) is 0.394. The molecular weight excluding hydrogens is 292 g/mol. The molecule has 0 N–H and O–H groups in total. The molecule has 1 aliphatic rings. The number of carbonyl (C=O) groups is 1. The lowest BCUT2D eigenvalue weighted by atomic mass is 10.2. The van der Waals surface area contributed by atoms with Gasteiger partial charge in [0.2, 0.25) is 0 Å². The molecule has 90 valence electrons. The van der Waals surface area contributed by atoms with Gasteiger partial charge in [0.15, 0.2) is 0 Å². The smallest absolute Gasteiger partial charge is 0.414 e. The van der Waals surface area contributed by atoms with Gasteiger partial charge in [-0.15, -0.1) is 0 Å². The highest BCUT2D eigenvalue weighted by atomic mass is 79.9. The minimum absolute atomic E-state index is 0.0439. The van der Waals surface area contributed by atoms with Crippen LogP contribution in [0.2, 0.25) is 0 Å². The Balaban J connectivity index is 2.25. The monoisotopic (exact) mass is 300 g/mol. The van der Waals surface area contributed by atoms with Crippen LogP contribution >= 0.6 is 15.9 Å². The van der Waals surface area contributed by atoms with Crippen LogP contribution in [-0.4, -0.2) is 29.0 Å². The van der Waals surface area contributed by atoms with Crippen molar-refractivity contribution in [2.24, 2.45) is 0 Å². The van der Waals surface area contributed by atoms with Crippen molar-refractivity contribution < 1.29 is 14.5 Å². The number of hydrogen-bond acceptors (Lipinski definition) is 4. The molecule has 0 saturated carbocycles. The number of cyclic esters (lactones) is 1. The first-order chi connectivity index (χ1) is 8.11. The first-order valence-electron chi connectivity index (χ1n) is 4.90. The van der Waals surface area contributed by atoms with Crippen molar-refractivity contribution in [2.45, 2.75) is 6.10 Å². The van der Waals surface area contributed by atoms with Crippen molar-refractivity contribution in [3.8, 4) is 0 Å². The number of carbonyl (C=O) groups excluding carboxylic acids is 1. The largest absolute Gasteiger partial charge is 0.443 e. The Kier molecular flexibility index (Phi) is 3.28. The van der Waals surface area contributed by atoms with E-state index in [9.17, 15) is 14.9 Å². The third-order valence-electron chi connectivity index (χ3n) is 2.40. The fourth-order valence-corrected chi connectivity index (χ4v) is 1.92. The van der Waals surface area contributed by atoms with Crippen molar-refractivity contribution in [3.05, 3.63) is 34.4 Å². The Hall–Kier alpha value is -1.63. The molecule has 1 aromatic rings. The van der Waals surface area contributed by atoms with E-state index >= 15 is 0 Å². The zero-order chi connectivity index (χ0) is 12.4. The predicted octanol–water partition coefficient (Wildman–Crippen LogP) is 2.31. The molecule has 0 aromatic heterocycles. The van der Waals surface area contributed by atoms with Gasteiger partial charge in [0.25, 0.3) is 5.69 Å². The second-order valence-corrected chi connectivity index (χ2v) is 4.20. The van der Waals surface area contributed by atoms with E-state index < -0.39 is 11.0 Å². The number of halogens is 1. The average molecular weight is 301 g/mol. The molecule has 1 amide bonds. The normalized spacial score (nSPS) is 19.2. The van der Waals surface area contributed by atoms with Crippen LogP contribution < -0.4 is 4.90 Å². The lowest BCUT2D eigenvalue weighted by Crippen LogP contribution is -2.24. The van der Waals surface area contributed by atoms with Crippen LogP contribution in [0.3, 0.4) is 0 Å². The van der Waals surface area contributed by atoms with Crippen LogP contribution in [0.1, 0.15) is 0 Å². The Labute approximate surface area is 105 Å². The van der Waals surface area contributed by atoms with Crippen molar-refractivity contribution in [1.29, 1.82) is 0 Å². The van der Waals surface area contributed by atoms with E-state index in [2.05, 4.69) is 15.9 Å². The molecule has 7 heteroatoms. The summed E-state index contributed by atoms with van der Waals surface area (Å²) in [6.07, 6.45) is -0.697. The molecule has 0 spiro atoms. The lowest BCUT2D eigenvalue weighted by molar-refractivity contribution is -0.384. The molecule has 1 aromatic carbocycles. The topological polar surface area (TPSA) is 72.7 Å². The van der Waals surface area contributed by atoms with Crippen molar-refractivity contribution in [1.82, 2.24) is 0 Å². The Bertz CT molecular complexity index is 465. The second kappa shape index (κ2) is 4.70. The zero-order valence-corrected chi connectivity index (χ0v) is 10.3. The third kappa shape index (κ3) is 2.38. The summed E-state index contributed by atoms with van der Waals surface area (Å²) < 4.78 is 5.05. The van der Waals surface area contributed by atoms with Crippen molar-refractivity contribution in [2.75, 3.05) is 16.8 Å². The number of rotatable bonds is 3. The number of anilines is 1. The number of nitro groups is 1. The van der Waals surface area contributed by atoms with Gasteiger partial charge >= 0.3 is 6.09 Å². The minimum atomic E-state index is -0.493. The summed E-state index contributed by atoms with van der Waals surface area (Å²) in [6, 6.07) is 5.93. The Morgan fingerprint density at radius 2 is 2.35 bits per heavy atom. The molecular formula is C10H9BrN2O4. The number of non-ortho nitro benzene ring substituents is 1. The molecule has 17 heavy (non-hydrogen) atoms. The lowest BCUT2D eigenvalue weighted by Gasteiger charge is -2.11. The van der Waals surface area contributed by atoms with Gasteiger partial charge < -0.3 is 4.74 Å². The number of benzene rings is 1. The third-order valence-corrected chi connectivity index (χ3v) is 3.12. The van der Waals surface area contributed by atoms with Gasteiger partial charge in [0.05, 0.1) is 17.2 Å². The van der Waals surface area contributed by atoms with E-state index in [4.69, 9.17) is 4.74 Å². The Morgan fingerprint density at radius 3 is 2.94 bits per heavy atom. The maximum Gasteiger partial charge on any atom is 0.414 e. The Morgan fingerprint density at radius 1 is 1.59 bits per heavy atom. The second-order valence-electron chi connectivity index (χ2n) is 3.55. The summed E-state index contributed by atoms with van der Waals surface area (Å²) in [4.78, 5) is 23.1. The van der Waals surface area contributed by atoms with Crippen molar-refractivity contribution in [3.63, 3.8) is 0 Å². The van der Waals surface area contributed by atoms with Crippen LogP contribution in [0.5, 0.6) is 0 Å². The van der Waals surface area contributed by atoms with Crippen LogP contribution in [0, 0.1) is 10.1 Å². The number of ether oxygens (including phenoxy) is 1. The fraction of sp³-hybridized carbons (Fsp3) is 0.300. The van der Waals surface area contributed by atoms with Crippen LogP contribution in [-0.2, 0) is 4.74 Å². The molecule has 0 bridgehead atoms. The molecule has 1 unspecified atom stereocenters. The van der Waals surface area contributed by atoms with Gasteiger partial charge in [-0.05, 0) is 6.07 Å². The summed E-state index contributed by atoms with van der Waals surface area (Å²) in [5.41, 5.74) is 0.435. The molecule has 2 rings (SSSR count). The molecule has 1 aliphatic heterocycles. The van der Waals surface area contributed by atoms with E-state index in [1.807, 2.05) is 0 Å². The number of nitrogens with zero attached hydrogens (tertiary/aromatic N) is 2. The summed E-state index contributed by atoms with van der Waals surface area (Å²) in [7, 11) is 0. The highest BCUT2D eigenvalue weighted by Crippen LogP contribution is 2.25. The summed E-state index contributed by atoms with van der Waals surface area (Å²) in [5.74, 6) is 0. The van der Waals surface area contributed by atoms with E-state index in [0.29, 0.717) is 17.6 Å². The van der Waals surface area contributed by atoms with Crippen LogP contribution in [0.15, 0.2) is 24.3 Å². The van der Waals surface area contributed by atoms with Gasteiger partial charge in [-0.25, -0.2) is 4.79 Å². The molecule has 1 heterocycles. The minimum Gasteiger partial charge on any atom is -0.443 e. The van der Waals surface area contributed by atoms with Gasteiger partial charge in [0, 0.05) is 17.5 Å². The molecule has 1 atom stereocenters. The average Bonchev–Trinajstić information content (AvgIpc) is 2.71. The molecule has 0 radical (unpaired) electrons. The summed E-state index contributed by atoms with van der Waals surface area (Å²) in [5, 5.41) is 11.2. The van der Waals surface area contributed by atoms with Crippen molar-refractivity contribution >= 4 is 33.4 Å². The first-order valence-corrected chi connectivity index (χ1v) is 6.02. The zero-order valence-electron chi connectivity index (χ0n) is 8.71. The highest BCUT2D eigenvalue weighted by Gasteiger charge is 2.32. The standard InChI is InChI=1S/C10H9BrN2O4/c11-5-9-6-12(10(14)17-9)7-2-1-3-8(4-7)13(15)16/h1-4,9H,5-6H2. The predicted molar refractivity (Wildman–Crippen MR) is 64.5 cm³/mol. The molecule has 6 nitrogen and oxygen atoms in total. The quantitative estimate of drug-likeness (QED) is 0.488. The maximum absolute atomic E-state index is 11.5. The van der Waals surface area contributed by atoms with E-state index in [0.717, 1.165) is 0 Å². The number of nitro benzene ring substituents is 1. The van der Waals surface area contributed by atoms with Gasteiger partial charge in [0.1, 0.15) is 6.10 Å². The molecule has 0 aliphatic carbocycles. The number of hydrogen-bond donors (Lipinski definition) is 0.